The Kier molecular flexibility index (Phi) is 2.99. The normalized spacial score (nSPS) is 29.1. The van der Waals surface area contributed by atoms with E-state index in [-0.39, 0.29) is 18.0 Å². The van der Waals surface area contributed by atoms with Crippen LogP contribution in [-0.4, -0.2) is 12.1 Å². The Morgan fingerprint density at radius 1 is 1.54 bits per heavy atom. The van der Waals surface area contributed by atoms with Crippen LogP contribution in [0.4, 0.5) is 0 Å². The highest BCUT2D eigenvalue weighted by Gasteiger charge is 2.34. The number of ether oxygens (including phenoxy) is 1. The third-order valence-electron chi connectivity index (χ3n) is 3.04. The van der Waals surface area contributed by atoms with Crippen LogP contribution in [0.1, 0.15) is 47.0 Å². The molecule has 0 aromatic carbocycles. The Morgan fingerprint density at radius 2 is 2.15 bits per heavy atom. The van der Waals surface area contributed by atoms with Gasteiger partial charge in [-0.2, -0.15) is 0 Å². The summed E-state index contributed by atoms with van der Waals surface area (Å²) in [4.78, 5) is 11.1. The van der Waals surface area contributed by atoms with Gasteiger partial charge in [-0.3, -0.25) is 4.79 Å². The van der Waals surface area contributed by atoms with Crippen molar-refractivity contribution in [2.45, 2.75) is 53.1 Å². The summed E-state index contributed by atoms with van der Waals surface area (Å²) in [6, 6.07) is 0. The molecule has 0 bridgehead atoms. The van der Waals surface area contributed by atoms with E-state index in [9.17, 15) is 4.79 Å². The zero-order valence-corrected chi connectivity index (χ0v) is 9.09. The highest BCUT2D eigenvalue weighted by Crippen LogP contribution is 2.33. The van der Waals surface area contributed by atoms with Crippen LogP contribution < -0.4 is 0 Å². The second kappa shape index (κ2) is 3.69. The third-order valence-corrected chi connectivity index (χ3v) is 3.04. The summed E-state index contributed by atoms with van der Waals surface area (Å²) in [5.41, 5.74) is 0.301. The first kappa shape index (κ1) is 10.6. The van der Waals surface area contributed by atoms with E-state index in [1.54, 1.807) is 0 Å². The van der Waals surface area contributed by atoms with Crippen molar-refractivity contribution in [3.8, 4) is 0 Å². The fourth-order valence-electron chi connectivity index (χ4n) is 1.70. The van der Waals surface area contributed by atoms with Gasteiger partial charge in [-0.15, -0.1) is 0 Å². The van der Waals surface area contributed by atoms with E-state index in [1.165, 1.54) is 0 Å². The number of cyclic esters (lactones) is 1. The largest absolute Gasteiger partial charge is 0.462 e. The molecular weight excluding hydrogens is 164 g/mol. The summed E-state index contributed by atoms with van der Waals surface area (Å²) in [7, 11) is 0. The molecular formula is C11H20O2. The maximum atomic E-state index is 11.1. The van der Waals surface area contributed by atoms with Gasteiger partial charge in [-0.25, -0.2) is 0 Å². The van der Waals surface area contributed by atoms with Gasteiger partial charge >= 0.3 is 5.97 Å². The predicted octanol–water partition coefficient (Wildman–Crippen LogP) is 2.76. The molecule has 2 heteroatoms. The number of hydrogen-bond acceptors (Lipinski definition) is 2. The maximum absolute atomic E-state index is 11.1. The molecule has 0 aromatic rings. The first-order valence-electron chi connectivity index (χ1n) is 5.15. The van der Waals surface area contributed by atoms with Crippen molar-refractivity contribution in [1.82, 2.24) is 0 Å². The molecule has 0 aromatic heterocycles. The second-order valence-corrected chi connectivity index (χ2v) is 4.92. The number of carbonyl (C=O) groups is 1. The average Bonchev–Trinajstić information content (AvgIpc) is 2.30. The lowest BCUT2D eigenvalue weighted by molar-refractivity contribution is -0.144. The van der Waals surface area contributed by atoms with Crippen LogP contribution in [0.25, 0.3) is 0 Å². The SMILES string of the molecule is CCC(C)(C)CC1CC(C)C(=O)O1. The number of esters is 1. The van der Waals surface area contributed by atoms with Crippen molar-refractivity contribution in [1.29, 1.82) is 0 Å². The van der Waals surface area contributed by atoms with Crippen LogP contribution in [0.5, 0.6) is 0 Å². The van der Waals surface area contributed by atoms with Gasteiger partial charge in [0.25, 0.3) is 0 Å². The van der Waals surface area contributed by atoms with Crippen molar-refractivity contribution in [2.24, 2.45) is 11.3 Å². The molecule has 0 aliphatic carbocycles. The molecule has 0 amide bonds. The van der Waals surface area contributed by atoms with Crippen molar-refractivity contribution >= 4 is 5.97 Å². The van der Waals surface area contributed by atoms with Gasteiger partial charge in [0, 0.05) is 0 Å². The molecule has 1 fully saturated rings. The van der Waals surface area contributed by atoms with Crippen LogP contribution in [0.2, 0.25) is 0 Å². The van der Waals surface area contributed by atoms with Crippen LogP contribution in [0.3, 0.4) is 0 Å². The standard InChI is InChI=1S/C11H20O2/c1-5-11(3,4)7-9-6-8(2)10(12)13-9/h8-9H,5-7H2,1-4H3. The molecule has 13 heavy (non-hydrogen) atoms. The number of rotatable bonds is 3. The molecule has 2 nitrogen and oxygen atoms in total. The fraction of sp³-hybridized carbons (Fsp3) is 0.909. The summed E-state index contributed by atoms with van der Waals surface area (Å²) in [6.45, 7) is 8.58. The maximum Gasteiger partial charge on any atom is 0.309 e. The first-order chi connectivity index (χ1) is 5.94. The lowest BCUT2D eigenvalue weighted by Crippen LogP contribution is -2.19. The lowest BCUT2D eigenvalue weighted by atomic mass is 9.83. The molecule has 1 heterocycles. The molecule has 0 N–H and O–H groups in total. The minimum absolute atomic E-state index is 0.0168. The second-order valence-electron chi connectivity index (χ2n) is 4.92. The van der Waals surface area contributed by atoms with E-state index in [0.29, 0.717) is 5.41 Å². The van der Waals surface area contributed by atoms with Gasteiger partial charge in [-0.1, -0.05) is 34.1 Å². The Balaban J connectivity index is 2.44. The Bertz CT molecular complexity index is 196. The minimum atomic E-state index is -0.0168. The summed E-state index contributed by atoms with van der Waals surface area (Å²) in [5.74, 6) is 0.0922. The highest BCUT2D eigenvalue weighted by molar-refractivity contribution is 5.74. The van der Waals surface area contributed by atoms with Gasteiger partial charge in [0.2, 0.25) is 0 Å². The summed E-state index contributed by atoms with van der Waals surface area (Å²) in [5, 5.41) is 0. The van der Waals surface area contributed by atoms with E-state index in [2.05, 4.69) is 20.8 Å². The minimum Gasteiger partial charge on any atom is -0.462 e. The van der Waals surface area contributed by atoms with E-state index in [1.807, 2.05) is 6.92 Å². The third kappa shape index (κ3) is 2.71. The predicted molar refractivity (Wildman–Crippen MR) is 52.4 cm³/mol. The Labute approximate surface area is 80.7 Å². The Morgan fingerprint density at radius 3 is 2.54 bits per heavy atom. The molecule has 2 atom stereocenters. The van der Waals surface area contributed by atoms with E-state index < -0.39 is 0 Å². The van der Waals surface area contributed by atoms with E-state index in [4.69, 9.17) is 4.74 Å². The fourth-order valence-corrected chi connectivity index (χ4v) is 1.70. The van der Waals surface area contributed by atoms with Crippen LogP contribution in [0, 0.1) is 11.3 Å². The number of carbonyl (C=O) groups excluding carboxylic acids is 1. The summed E-state index contributed by atoms with van der Waals surface area (Å²) < 4.78 is 5.27. The molecule has 1 aliphatic rings. The zero-order valence-electron chi connectivity index (χ0n) is 9.09. The lowest BCUT2D eigenvalue weighted by Gasteiger charge is -2.25. The molecule has 1 saturated heterocycles. The van der Waals surface area contributed by atoms with Crippen molar-refractivity contribution in [3.05, 3.63) is 0 Å². The van der Waals surface area contributed by atoms with Crippen molar-refractivity contribution in [3.63, 3.8) is 0 Å². The van der Waals surface area contributed by atoms with Crippen LogP contribution >= 0.6 is 0 Å². The van der Waals surface area contributed by atoms with Crippen molar-refractivity contribution < 1.29 is 9.53 Å². The molecule has 2 unspecified atom stereocenters. The molecule has 0 radical (unpaired) electrons. The van der Waals surface area contributed by atoms with Crippen LogP contribution in [0.15, 0.2) is 0 Å². The van der Waals surface area contributed by atoms with Gasteiger partial charge in [0.15, 0.2) is 0 Å². The molecule has 76 valence electrons. The molecule has 0 saturated carbocycles. The molecule has 1 rings (SSSR count). The van der Waals surface area contributed by atoms with Gasteiger partial charge < -0.3 is 4.74 Å². The van der Waals surface area contributed by atoms with Gasteiger partial charge in [0.05, 0.1) is 5.92 Å². The average molecular weight is 184 g/mol. The number of hydrogen-bond donors (Lipinski definition) is 0. The molecule has 0 spiro atoms. The highest BCUT2D eigenvalue weighted by atomic mass is 16.5. The monoisotopic (exact) mass is 184 g/mol. The first-order valence-corrected chi connectivity index (χ1v) is 5.15. The Hall–Kier alpha value is -0.530. The van der Waals surface area contributed by atoms with Crippen LogP contribution in [-0.2, 0) is 9.53 Å². The quantitative estimate of drug-likeness (QED) is 0.630. The van der Waals surface area contributed by atoms with Crippen molar-refractivity contribution in [2.75, 3.05) is 0 Å². The summed E-state index contributed by atoms with van der Waals surface area (Å²) >= 11 is 0. The zero-order chi connectivity index (χ0) is 10.1. The van der Waals surface area contributed by atoms with E-state index >= 15 is 0 Å². The smallest absolute Gasteiger partial charge is 0.309 e. The molecule has 1 aliphatic heterocycles. The van der Waals surface area contributed by atoms with E-state index in [0.717, 1.165) is 19.3 Å². The summed E-state index contributed by atoms with van der Waals surface area (Å²) in [6.07, 6.45) is 3.20. The van der Waals surface area contributed by atoms with Gasteiger partial charge in [0.1, 0.15) is 6.10 Å². The topological polar surface area (TPSA) is 26.3 Å². The van der Waals surface area contributed by atoms with Gasteiger partial charge in [-0.05, 0) is 18.3 Å².